The predicted octanol–water partition coefficient (Wildman–Crippen LogP) is 1.26. The number of nitriles is 1. The Morgan fingerprint density at radius 1 is 1.44 bits per heavy atom. The van der Waals surface area contributed by atoms with Crippen LogP contribution in [0.3, 0.4) is 0 Å². The van der Waals surface area contributed by atoms with Crippen molar-refractivity contribution in [2.45, 2.75) is 12.8 Å². The molecule has 0 bridgehead atoms. The van der Waals surface area contributed by atoms with Gasteiger partial charge in [0, 0.05) is 19.2 Å². The summed E-state index contributed by atoms with van der Waals surface area (Å²) in [5.41, 5.74) is 1.90. The highest BCUT2D eigenvalue weighted by atomic mass is 16.1. The minimum absolute atomic E-state index is 0.122. The standard InChI is InChI=1S/C12H13N3O/c1-15-12(16)7-11(14)6-9-2-4-10(8-13)5-3-9/h2-5,14H,6-7H2,1H3,(H,15,16). The molecule has 1 rings (SSSR count). The second kappa shape index (κ2) is 5.66. The van der Waals surface area contributed by atoms with E-state index in [1.165, 1.54) is 0 Å². The molecule has 0 spiro atoms. The first kappa shape index (κ1) is 11.9. The molecule has 0 atom stereocenters. The number of nitrogens with zero attached hydrogens (tertiary/aromatic N) is 1. The van der Waals surface area contributed by atoms with Crippen LogP contribution in [0.15, 0.2) is 24.3 Å². The van der Waals surface area contributed by atoms with Crippen LogP contribution in [0.25, 0.3) is 0 Å². The van der Waals surface area contributed by atoms with Crippen molar-refractivity contribution < 1.29 is 4.79 Å². The van der Waals surface area contributed by atoms with Gasteiger partial charge in [0.05, 0.1) is 18.1 Å². The van der Waals surface area contributed by atoms with Crippen LogP contribution in [-0.2, 0) is 11.2 Å². The minimum Gasteiger partial charge on any atom is -0.359 e. The molecule has 1 aromatic carbocycles. The summed E-state index contributed by atoms with van der Waals surface area (Å²) in [4.78, 5) is 11.0. The topological polar surface area (TPSA) is 76.7 Å². The average Bonchev–Trinajstić information content (AvgIpc) is 2.29. The highest BCUT2D eigenvalue weighted by Crippen LogP contribution is 2.05. The Hall–Kier alpha value is -2.15. The van der Waals surface area contributed by atoms with Gasteiger partial charge in [0.1, 0.15) is 0 Å². The second-order valence-corrected chi connectivity index (χ2v) is 3.44. The van der Waals surface area contributed by atoms with E-state index in [4.69, 9.17) is 10.7 Å². The Morgan fingerprint density at radius 2 is 2.06 bits per heavy atom. The molecular weight excluding hydrogens is 202 g/mol. The fourth-order valence-corrected chi connectivity index (χ4v) is 1.29. The summed E-state index contributed by atoms with van der Waals surface area (Å²) < 4.78 is 0. The molecule has 0 radical (unpaired) electrons. The van der Waals surface area contributed by atoms with Crippen molar-refractivity contribution in [1.82, 2.24) is 5.32 Å². The molecule has 16 heavy (non-hydrogen) atoms. The van der Waals surface area contributed by atoms with Gasteiger partial charge in [-0.15, -0.1) is 0 Å². The number of amides is 1. The van der Waals surface area contributed by atoms with Gasteiger partial charge in [0.15, 0.2) is 0 Å². The molecule has 0 aliphatic rings. The lowest BCUT2D eigenvalue weighted by molar-refractivity contribution is -0.119. The molecule has 0 saturated carbocycles. The van der Waals surface area contributed by atoms with Crippen LogP contribution in [0.2, 0.25) is 0 Å². The van der Waals surface area contributed by atoms with Crippen molar-refractivity contribution in [3.8, 4) is 6.07 Å². The van der Waals surface area contributed by atoms with Crippen LogP contribution in [0.5, 0.6) is 0 Å². The summed E-state index contributed by atoms with van der Waals surface area (Å²) >= 11 is 0. The summed E-state index contributed by atoms with van der Waals surface area (Å²) in [7, 11) is 1.55. The third-order valence-electron chi connectivity index (χ3n) is 2.15. The Bertz CT molecular complexity index is 429. The fourth-order valence-electron chi connectivity index (χ4n) is 1.29. The lowest BCUT2D eigenvalue weighted by Gasteiger charge is -2.03. The highest BCUT2D eigenvalue weighted by Gasteiger charge is 2.05. The summed E-state index contributed by atoms with van der Waals surface area (Å²) in [5.74, 6) is -0.154. The molecular formula is C12H13N3O. The first-order chi connectivity index (χ1) is 7.65. The molecule has 4 nitrogen and oxygen atoms in total. The molecule has 4 heteroatoms. The molecule has 0 aliphatic carbocycles. The number of carbonyl (C=O) groups is 1. The van der Waals surface area contributed by atoms with E-state index in [0.29, 0.717) is 17.7 Å². The molecule has 0 saturated heterocycles. The van der Waals surface area contributed by atoms with E-state index in [1.54, 1.807) is 31.3 Å². The van der Waals surface area contributed by atoms with E-state index in [-0.39, 0.29) is 12.3 Å². The minimum atomic E-state index is -0.154. The van der Waals surface area contributed by atoms with Crippen LogP contribution in [0.1, 0.15) is 17.5 Å². The fraction of sp³-hybridized carbons (Fsp3) is 0.250. The lowest BCUT2D eigenvalue weighted by atomic mass is 10.0. The summed E-state index contributed by atoms with van der Waals surface area (Å²) in [5, 5.41) is 18.7. The first-order valence-corrected chi connectivity index (χ1v) is 4.91. The number of hydrogen-bond acceptors (Lipinski definition) is 3. The number of carbonyl (C=O) groups excluding carboxylic acids is 1. The van der Waals surface area contributed by atoms with E-state index in [9.17, 15) is 4.79 Å². The van der Waals surface area contributed by atoms with Gasteiger partial charge in [-0.3, -0.25) is 4.79 Å². The quantitative estimate of drug-likeness (QED) is 0.742. The third kappa shape index (κ3) is 3.54. The summed E-state index contributed by atoms with van der Waals surface area (Å²) in [6.45, 7) is 0. The number of rotatable bonds is 4. The maximum Gasteiger partial charge on any atom is 0.225 e. The zero-order valence-electron chi connectivity index (χ0n) is 9.08. The number of nitrogens with one attached hydrogen (secondary N) is 2. The Balaban J connectivity index is 2.57. The van der Waals surface area contributed by atoms with E-state index in [0.717, 1.165) is 5.56 Å². The molecule has 1 amide bonds. The van der Waals surface area contributed by atoms with E-state index >= 15 is 0 Å². The normalized spacial score (nSPS) is 9.25. The zero-order chi connectivity index (χ0) is 12.0. The maximum absolute atomic E-state index is 11.0. The largest absolute Gasteiger partial charge is 0.359 e. The Morgan fingerprint density at radius 3 is 2.56 bits per heavy atom. The molecule has 0 aromatic heterocycles. The van der Waals surface area contributed by atoms with Crippen molar-refractivity contribution in [2.24, 2.45) is 0 Å². The van der Waals surface area contributed by atoms with Crippen LogP contribution < -0.4 is 5.32 Å². The Labute approximate surface area is 94.4 Å². The first-order valence-electron chi connectivity index (χ1n) is 4.91. The molecule has 0 aliphatic heterocycles. The molecule has 0 fully saturated rings. The van der Waals surface area contributed by atoms with Crippen molar-refractivity contribution >= 4 is 11.6 Å². The zero-order valence-corrected chi connectivity index (χ0v) is 9.08. The van der Waals surface area contributed by atoms with Gasteiger partial charge in [-0.05, 0) is 17.7 Å². The van der Waals surface area contributed by atoms with E-state index in [1.807, 2.05) is 6.07 Å². The second-order valence-electron chi connectivity index (χ2n) is 3.44. The molecule has 1 aromatic rings. The predicted molar refractivity (Wildman–Crippen MR) is 61.3 cm³/mol. The SMILES string of the molecule is CNC(=O)CC(=N)Cc1ccc(C#N)cc1. The lowest BCUT2D eigenvalue weighted by Crippen LogP contribution is -2.21. The highest BCUT2D eigenvalue weighted by molar-refractivity contribution is 6.00. The van der Waals surface area contributed by atoms with Gasteiger partial charge >= 0.3 is 0 Å². The van der Waals surface area contributed by atoms with Gasteiger partial charge in [0.25, 0.3) is 0 Å². The van der Waals surface area contributed by atoms with Crippen LogP contribution in [-0.4, -0.2) is 18.7 Å². The van der Waals surface area contributed by atoms with Gasteiger partial charge in [-0.25, -0.2) is 0 Å². The molecule has 2 N–H and O–H groups in total. The summed E-state index contributed by atoms with van der Waals surface area (Å²) in [6, 6.07) is 9.06. The summed E-state index contributed by atoms with van der Waals surface area (Å²) in [6.07, 6.45) is 0.565. The van der Waals surface area contributed by atoms with Gasteiger partial charge in [-0.1, -0.05) is 12.1 Å². The number of benzene rings is 1. The van der Waals surface area contributed by atoms with Crippen LogP contribution in [0, 0.1) is 16.7 Å². The van der Waals surface area contributed by atoms with Crippen molar-refractivity contribution in [3.05, 3.63) is 35.4 Å². The van der Waals surface area contributed by atoms with Crippen LogP contribution in [0.4, 0.5) is 0 Å². The van der Waals surface area contributed by atoms with Gasteiger partial charge in [0.2, 0.25) is 5.91 Å². The van der Waals surface area contributed by atoms with Crippen molar-refractivity contribution in [3.63, 3.8) is 0 Å². The maximum atomic E-state index is 11.0. The number of hydrogen-bond donors (Lipinski definition) is 2. The van der Waals surface area contributed by atoms with Crippen molar-refractivity contribution in [1.29, 1.82) is 10.7 Å². The molecule has 0 unspecified atom stereocenters. The van der Waals surface area contributed by atoms with Gasteiger partial charge in [-0.2, -0.15) is 5.26 Å². The van der Waals surface area contributed by atoms with Crippen molar-refractivity contribution in [2.75, 3.05) is 7.05 Å². The average molecular weight is 215 g/mol. The monoisotopic (exact) mass is 215 g/mol. The van der Waals surface area contributed by atoms with Gasteiger partial charge < -0.3 is 10.7 Å². The van der Waals surface area contributed by atoms with Crippen LogP contribution >= 0.6 is 0 Å². The Kier molecular flexibility index (Phi) is 4.22. The molecule has 0 heterocycles. The van der Waals surface area contributed by atoms with E-state index in [2.05, 4.69) is 5.32 Å². The van der Waals surface area contributed by atoms with E-state index < -0.39 is 0 Å². The smallest absolute Gasteiger partial charge is 0.225 e. The third-order valence-corrected chi connectivity index (χ3v) is 2.15. The molecule has 82 valence electrons.